The first-order valence-electron chi connectivity index (χ1n) is 35.3. The minimum absolute atomic E-state index is 0.000680. The average molecular weight is 1610 g/mol. The van der Waals surface area contributed by atoms with E-state index in [1.807, 2.05) is 22.8 Å². The van der Waals surface area contributed by atoms with Gasteiger partial charge in [-0.05, 0) is 73.3 Å². The first kappa shape index (κ1) is 94.0. The van der Waals surface area contributed by atoms with Gasteiger partial charge in [-0.3, -0.25) is 62.4 Å². The van der Waals surface area contributed by atoms with Crippen molar-refractivity contribution in [3.63, 3.8) is 0 Å². The van der Waals surface area contributed by atoms with E-state index in [0.29, 0.717) is 38.6 Å². The molecule has 0 aliphatic carbocycles. The van der Waals surface area contributed by atoms with Crippen molar-refractivity contribution in [2.75, 3.05) is 96.2 Å². The minimum Gasteiger partial charge on any atom is -0.481 e. The first-order valence-corrected chi connectivity index (χ1v) is 42.5. The Morgan fingerprint density at radius 3 is 1.58 bits per heavy atom. The molecule has 5 unspecified atom stereocenters. The molecule has 0 bridgehead atoms. The van der Waals surface area contributed by atoms with Gasteiger partial charge in [0.2, 0.25) is 36.9 Å². The zero-order valence-corrected chi connectivity index (χ0v) is 65.7. The second-order valence-electron chi connectivity index (χ2n) is 28.6. The Labute approximate surface area is 628 Å². The molecule has 0 saturated carbocycles. The molecule has 43 heteroatoms. The molecule has 0 spiro atoms. The van der Waals surface area contributed by atoms with Crippen LogP contribution in [0.15, 0.2) is 30.5 Å². The van der Waals surface area contributed by atoms with Gasteiger partial charge in [0.15, 0.2) is 6.29 Å². The third-order valence-corrected chi connectivity index (χ3v) is 26.5. The molecular formula is C65H108N14O25P3Si+. The lowest BCUT2D eigenvalue weighted by molar-refractivity contribution is -0.143. The smallest absolute Gasteiger partial charge is 0.326 e. The van der Waals surface area contributed by atoms with Gasteiger partial charge in [0, 0.05) is 109 Å². The molecule has 3 rings (SSSR count). The molecule has 0 radical (unpaired) electrons. The molecule has 39 nitrogen and oxygen atoms in total. The highest BCUT2D eigenvalue weighted by Gasteiger charge is 2.40. The van der Waals surface area contributed by atoms with Gasteiger partial charge >= 0.3 is 47.8 Å². The van der Waals surface area contributed by atoms with Crippen LogP contribution in [0.1, 0.15) is 154 Å². The Morgan fingerprint density at radius 2 is 1.05 bits per heavy atom. The number of unbranched alkanes of at least 4 members (excludes halogenated alkanes) is 1. The SMILES string of the molecule is CC(C)(C)[SiH](c1ccc(C(=O)NCC(C(=O)NC(CCCCNC(=O)CCC(=O)NCCCC(NC(=O)CC[C@H](NC(=O)N[C@@H](CCC(=O)O)C(=O)O)C(=O)O)C(=O)O)C(=O)O)n2cc(CNC(=O)CC[P+](O)(O)CN3CCN(CPCCC(=O)O)CCN(CP(=O)(O)CCC(=O)O)CC3)nn2)cc1)C(C)(C)C. The fourth-order valence-electron chi connectivity index (χ4n) is 12.0. The fraction of sp³-hybridized carbons (Fsp3) is 0.662. The second-order valence-corrected chi connectivity index (χ2v) is 39.8. The van der Waals surface area contributed by atoms with E-state index < -0.39 is 182 Å². The Kier molecular flexibility index (Phi) is 40.3. The Hall–Kier alpha value is -8.19. The van der Waals surface area contributed by atoms with Gasteiger partial charge in [-0.15, -0.1) is 13.7 Å². The summed E-state index contributed by atoms with van der Waals surface area (Å²) < 4.78 is 14.1. The molecule has 7 atom stereocenters. The van der Waals surface area contributed by atoms with Crippen molar-refractivity contribution in [1.82, 2.24) is 72.2 Å². The molecule has 606 valence electrons. The van der Waals surface area contributed by atoms with E-state index in [-0.39, 0.29) is 139 Å². The molecule has 2 heterocycles. The average Bonchev–Trinajstić information content (AvgIpc) is 0.946. The highest BCUT2D eigenvalue weighted by molar-refractivity contribution is 7.64. The molecule has 18 N–H and O–H groups in total. The number of hydrogen-bond acceptors (Lipinski definition) is 22. The number of carboxylic acid groups (broad SMARTS) is 7. The van der Waals surface area contributed by atoms with Gasteiger partial charge in [0.05, 0.1) is 40.7 Å². The Bertz CT molecular complexity index is 3420. The van der Waals surface area contributed by atoms with Crippen molar-refractivity contribution in [3.8, 4) is 0 Å². The van der Waals surface area contributed by atoms with Crippen LogP contribution in [0.4, 0.5) is 4.79 Å². The van der Waals surface area contributed by atoms with E-state index in [1.165, 1.54) is 6.20 Å². The number of carboxylic acids is 7. The number of nitrogens with zero attached hydrogens (tertiary/aromatic N) is 6. The molecule has 1 saturated heterocycles. The van der Waals surface area contributed by atoms with Crippen LogP contribution in [0.25, 0.3) is 0 Å². The number of benzene rings is 1. The van der Waals surface area contributed by atoms with Gasteiger partial charge in [0.1, 0.15) is 42.1 Å². The third-order valence-electron chi connectivity index (χ3n) is 17.2. The van der Waals surface area contributed by atoms with Crippen LogP contribution in [-0.2, 0) is 68.6 Å². The molecular weight excluding hydrogens is 1500 g/mol. The number of hydrogen-bond donors (Lipinski definition) is 18. The number of urea groups is 1. The number of rotatable bonds is 49. The number of carbonyl (C=O) groups is 14. The van der Waals surface area contributed by atoms with Gasteiger partial charge in [-0.25, -0.2) is 38.4 Å². The van der Waals surface area contributed by atoms with Gasteiger partial charge in [0.25, 0.3) is 13.6 Å². The lowest BCUT2D eigenvalue weighted by atomic mass is 10.1. The van der Waals surface area contributed by atoms with E-state index in [2.05, 4.69) is 88.7 Å². The van der Waals surface area contributed by atoms with Crippen molar-refractivity contribution >= 4 is 121 Å². The number of nitrogens with one attached hydrogen (secondary N) is 8. The summed E-state index contributed by atoms with van der Waals surface area (Å²) in [7, 11) is -9.10. The highest BCUT2D eigenvalue weighted by atomic mass is 31.2. The maximum absolute atomic E-state index is 14.2. The molecule has 1 fully saturated rings. The van der Waals surface area contributed by atoms with Gasteiger partial charge in [-0.2, -0.15) is 0 Å². The number of aliphatic carboxylic acids is 7. The molecule has 8 amide bonds. The number of aromatic nitrogens is 3. The molecule has 2 aromatic rings. The number of carbonyl (C=O) groups excluding carboxylic acids is 7. The van der Waals surface area contributed by atoms with Crippen molar-refractivity contribution < 1.29 is 122 Å². The van der Waals surface area contributed by atoms with Crippen LogP contribution >= 0.6 is 23.7 Å². The third kappa shape index (κ3) is 38.2. The van der Waals surface area contributed by atoms with Crippen molar-refractivity contribution in [3.05, 3.63) is 41.7 Å². The van der Waals surface area contributed by atoms with E-state index in [9.17, 15) is 107 Å². The Balaban J connectivity index is 1.61. The number of amides is 8. The maximum Gasteiger partial charge on any atom is 0.326 e. The molecule has 1 aliphatic heterocycles. The highest BCUT2D eigenvalue weighted by Crippen LogP contribution is 2.51. The summed E-state index contributed by atoms with van der Waals surface area (Å²) in [6, 6.07) is -1.83. The van der Waals surface area contributed by atoms with Gasteiger partial charge in [-0.1, -0.05) is 64.1 Å². The van der Waals surface area contributed by atoms with Crippen molar-refractivity contribution in [2.45, 2.75) is 178 Å². The zero-order chi connectivity index (χ0) is 81.1. The lowest BCUT2D eigenvalue weighted by Crippen LogP contribution is -2.51. The topological polar surface area (TPSA) is 595 Å². The van der Waals surface area contributed by atoms with E-state index in [0.717, 1.165) is 9.87 Å². The van der Waals surface area contributed by atoms with Crippen LogP contribution in [0.5, 0.6) is 0 Å². The summed E-state index contributed by atoms with van der Waals surface area (Å²) >= 11 is 0. The molecule has 1 aromatic carbocycles. The summed E-state index contributed by atoms with van der Waals surface area (Å²) in [6.45, 7) is 14.4. The van der Waals surface area contributed by atoms with E-state index in [4.69, 9.17) is 15.3 Å². The molecule has 108 heavy (non-hydrogen) atoms. The van der Waals surface area contributed by atoms with Crippen molar-refractivity contribution in [1.29, 1.82) is 0 Å². The second kappa shape index (κ2) is 46.3. The summed E-state index contributed by atoms with van der Waals surface area (Å²) in [5.74, 6) is -13.6. The predicted octanol–water partition coefficient (Wildman–Crippen LogP) is -0.235. The zero-order valence-electron chi connectivity index (χ0n) is 61.7. The van der Waals surface area contributed by atoms with Crippen LogP contribution in [0.2, 0.25) is 10.1 Å². The Morgan fingerprint density at radius 1 is 0.556 bits per heavy atom. The summed E-state index contributed by atoms with van der Waals surface area (Å²) in [5, 5.41) is 94.3. The normalized spacial score (nSPS) is 15.5. The standard InChI is InChI=1S/C65H107N14O25P3Si/c1-64(2,3)108(65(4,5)6)44-14-12-42(13-15-44)57(90)69-37-49(79-38-43(74-75-79)36-68-52(82)23-34-106(101,102)40-77-29-27-76(39-105-33-22-55(86)87)28-30-78(32-31-77)41-107(103,104)35-24-56(88)89)58(91)71-46(60(94)95)10-7-8-25-66-50(80)19-20-51(81)67-26-9-11-45(59(92)93)70-53(83)18-16-47(61(96)97)72-63(100)73-48(62(98)99)17-21-54(84)85/h12-15,38,45-49,101-102,105,108H,7-11,16-37,39-41H2,1-6H3,(H15-,66,67,68,69,70,71,72,73,80,81,82,83,84,85,86,87,88,89,90,91,92,93,94,95,96,97,98,99,100,103,104)/p+1/t45?,46?,47-,48-,49?/m0/s1. The quantitative estimate of drug-likeness (QED) is 0.0231. The fourth-order valence-corrected chi connectivity index (χ4v) is 21.6. The first-order chi connectivity index (χ1) is 50.4. The lowest BCUT2D eigenvalue weighted by Gasteiger charge is -2.39. The maximum atomic E-state index is 14.2. The summed E-state index contributed by atoms with van der Waals surface area (Å²) in [4.78, 5) is 211. The largest absolute Gasteiger partial charge is 0.481 e. The molecule has 1 aliphatic rings. The van der Waals surface area contributed by atoms with Crippen molar-refractivity contribution in [2.24, 2.45) is 0 Å². The van der Waals surface area contributed by atoms with E-state index >= 15 is 0 Å². The van der Waals surface area contributed by atoms with Crippen LogP contribution in [0.3, 0.4) is 0 Å². The van der Waals surface area contributed by atoms with Gasteiger partial charge < -0.3 is 83.2 Å². The van der Waals surface area contributed by atoms with Crippen LogP contribution < -0.4 is 47.7 Å². The summed E-state index contributed by atoms with van der Waals surface area (Å²) in [6.07, 6.45) is -2.65. The predicted molar refractivity (Wildman–Crippen MR) is 397 cm³/mol. The monoisotopic (exact) mass is 1610 g/mol. The molecule has 1 aromatic heterocycles. The summed E-state index contributed by atoms with van der Waals surface area (Å²) in [5.41, 5.74) is 0.399. The van der Waals surface area contributed by atoms with Crippen LogP contribution in [-0.4, -0.2) is 293 Å². The van der Waals surface area contributed by atoms with Crippen LogP contribution in [0, 0.1) is 0 Å². The minimum atomic E-state index is -3.90. The van der Waals surface area contributed by atoms with E-state index in [1.54, 1.807) is 21.9 Å².